The maximum absolute atomic E-state index is 12.3. The molecule has 1 amide bonds. The summed E-state index contributed by atoms with van der Waals surface area (Å²) in [6.45, 7) is 4.04. The standard InChI is InChI=1S/C25H22ClN3O4/c1-16(2)32-22-13-10-19(14-21(22)26)24-28-29(25(31)33-24)15-17-8-11-20(12-9-17)27-23(30)18-6-4-3-5-7-18/h3-14,16H,15H2,1-2H3,(H,27,30). The summed E-state index contributed by atoms with van der Waals surface area (Å²) in [6, 6.07) is 21.3. The van der Waals surface area contributed by atoms with Gasteiger partial charge in [0.05, 0.1) is 17.7 Å². The Kier molecular flexibility index (Phi) is 6.60. The van der Waals surface area contributed by atoms with E-state index in [1.54, 1.807) is 42.5 Å². The number of carbonyl (C=O) groups is 1. The first-order chi connectivity index (χ1) is 15.9. The summed E-state index contributed by atoms with van der Waals surface area (Å²) >= 11 is 6.28. The van der Waals surface area contributed by atoms with Crippen molar-refractivity contribution in [3.8, 4) is 17.2 Å². The number of hydrogen-bond donors (Lipinski definition) is 1. The Bertz CT molecular complexity index is 1310. The third-order valence-corrected chi connectivity index (χ3v) is 5.02. The zero-order valence-corrected chi connectivity index (χ0v) is 18.9. The molecular weight excluding hydrogens is 442 g/mol. The maximum atomic E-state index is 12.3. The van der Waals surface area contributed by atoms with Gasteiger partial charge in [0.2, 0.25) is 5.89 Å². The molecule has 4 rings (SSSR count). The lowest BCUT2D eigenvalue weighted by molar-refractivity contribution is 0.102. The molecule has 0 saturated carbocycles. The van der Waals surface area contributed by atoms with Crippen molar-refractivity contribution in [3.63, 3.8) is 0 Å². The topological polar surface area (TPSA) is 86.4 Å². The van der Waals surface area contributed by atoms with E-state index in [-0.39, 0.29) is 24.4 Å². The number of hydrogen-bond acceptors (Lipinski definition) is 5. The molecule has 33 heavy (non-hydrogen) atoms. The molecule has 1 aromatic heterocycles. The molecule has 4 aromatic rings. The molecule has 0 aliphatic rings. The van der Waals surface area contributed by atoms with Crippen LogP contribution in [0, 0.1) is 0 Å². The van der Waals surface area contributed by atoms with E-state index >= 15 is 0 Å². The van der Waals surface area contributed by atoms with E-state index in [9.17, 15) is 9.59 Å². The second-order valence-electron chi connectivity index (χ2n) is 7.66. The minimum atomic E-state index is -0.579. The maximum Gasteiger partial charge on any atom is 0.437 e. The van der Waals surface area contributed by atoms with Crippen LogP contribution in [0.1, 0.15) is 29.8 Å². The fraction of sp³-hybridized carbons (Fsp3) is 0.160. The van der Waals surface area contributed by atoms with Crippen LogP contribution in [0.3, 0.4) is 0 Å². The monoisotopic (exact) mass is 463 g/mol. The third kappa shape index (κ3) is 5.51. The SMILES string of the molecule is CC(C)Oc1ccc(-c2nn(Cc3ccc(NC(=O)c4ccccc4)cc3)c(=O)o2)cc1Cl. The molecule has 7 nitrogen and oxygen atoms in total. The van der Waals surface area contributed by atoms with Crippen molar-refractivity contribution in [2.24, 2.45) is 0 Å². The van der Waals surface area contributed by atoms with Gasteiger partial charge in [-0.3, -0.25) is 4.79 Å². The Morgan fingerprint density at radius 1 is 1.09 bits per heavy atom. The van der Waals surface area contributed by atoms with Gasteiger partial charge in [-0.15, -0.1) is 5.10 Å². The molecule has 0 aliphatic heterocycles. The van der Waals surface area contributed by atoms with Gasteiger partial charge in [0, 0.05) is 16.8 Å². The largest absolute Gasteiger partial charge is 0.489 e. The zero-order valence-electron chi connectivity index (χ0n) is 18.1. The van der Waals surface area contributed by atoms with Gasteiger partial charge in [-0.1, -0.05) is 41.9 Å². The zero-order chi connectivity index (χ0) is 23.4. The van der Waals surface area contributed by atoms with Gasteiger partial charge < -0.3 is 14.5 Å². The summed E-state index contributed by atoms with van der Waals surface area (Å²) in [6.07, 6.45) is -0.0106. The van der Waals surface area contributed by atoms with Crippen molar-refractivity contribution >= 4 is 23.2 Å². The van der Waals surface area contributed by atoms with Gasteiger partial charge in [0.15, 0.2) is 0 Å². The molecule has 0 bridgehead atoms. The molecule has 3 aromatic carbocycles. The fourth-order valence-electron chi connectivity index (χ4n) is 3.17. The predicted octanol–water partition coefficient (Wildman–Crippen LogP) is 5.24. The van der Waals surface area contributed by atoms with Crippen LogP contribution in [0.5, 0.6) is 5.75 Å². The van der Waals surface area contributed by atoms with Crippen LogP contribution in [0.4, 0.5) is 5.69 Å². The molecule has 0 aliphatic carbocycles. The van der Waals surface area contributed by atoms with E-state index in [0.717, 1.165) is 5.56 Å². The fourth-order valence-corrected chi connectivity index (χ4v) is 3.39. The van der Waals surface area contributed by atoms with Crippen LogP contribution >= 0.6 is 11.6 Å². The predicted molar refractivity (Wildman–Crippen MR) is 127 cm³/mol. The van der Waals surface area contributed by atoms with Crippen molar-refractivity contribution < 1.29 is 13.9 Å². The first-order valence-corrected chi connectivity index (χ1v) is 10.8. The molecular formula is C25H22ClN3O4. The van der Waals surface area contributed by atoms with Crippen LogP contribution in [-0.4, -0.2) is 21.8 Å². The number of carbonyl (C=O) groups excluding carboxylic acids is 1. The highest BCUT2D eigenvalue weighted by Crippen LogP contribution is 2.30. The molecule has 1 N–H and O–H groups in total. The molecule has 0 atom stereocenters. The highest BCUT2D eigenvalue weighted by molar-refractivity contribution is 6.32. The summed E-state index contributed by atoms with van der Waals surface area (Å²) in [5.41, 5.74) is 2.63. The minimum Gasteiger partial charge on any atom is -0.489 e. The van der Waals surface area contributed by atoms with Crippen LogP contribution in [-0.2, 0) is 6.54 Å². The molecule has 0 spiro atoms. The number of nitrogens with one attached hydrogen (secondary N) is 1. The van der Waals surface area contributed by atoms with Crippen LogP contribution in [0.25, 0.3) is 11.5 Å². The van der Waals surface area contributed by atoms with Crippen molar-refractivity contribution in [2.45, 2.75) is 26.5 Å². The lowest BCUT2D eigenvalue weighted by Gasteiger charge is -2.11. The summed E-state index contributed by atoms with van der Waals surface area (Å²) in [4.78, 5) is 24.6. The highest BCUT2D eigenvalue weighted by atomic mass is 35.5. The number of anilines is 1. The van der Waals surface area contributed by atoms with E-state index in [4.69, 9.17) is 20.8 Å². The van der Waals surface area contributed by atoms with Gasteiger partial charge in [0.1, 0.15) is 5.75 Å². The van der Waals surface area contributed by atoms with E-state index < -0.39 is 5.76 Å². The number of ether oxygens (including phenoxy) is 1. The number of amides is 1. The van der Waals surface area contributed by atoms with E-state index in [2.05, 4.69) is 10.4 Å². The first kappa shape index (κ1) is 22.4. The van der Waals surface area contributed by atoms with Crippen LogP contribution in [0.15, 0.2) is 82.0 Å². The Hall–Kier alpha value is -3.84. The smallest absolute Gasteiger partial charge is 0.437 e. The van der Waals surface area contributed by atoms with Gasteiger partial charge in [0.25, 0.3) is 5.91 Å². The lowest BCUT2D eigenvalue weighted by Crippen LogP contribution is -2.16. The summed E-state index contributed by atoms with van der Waals surface area (Å²) in [5.74, 6) is -0.0457. The molecule has 0 unspecified atom stereocenters. The highest BCUT2D eigenvalue weighted by Gasteiger charge is 2.14. The van der Waals surface area contributed by atoms with Gasteiger partial charge >= 0.3 is 5.76 Å². The number of rotatable bonds is 7. The van der Waals surface area contributed by atoms with E-state index in [1.165, 1.54) is 4.68 Å². The average molecular weight is 464 g/mol. The Labute approximate surface area is 195 Å². The van der Waals surface area contributed by atoms with Crippen molar-refractivity contribution in [1.29, 1.82) is 0 Å². The molecule has 0 saturated heterocycles. The number of halogens is 1. The number of benzene rings is 3. The molecule has 0 radical (unpaired) electrons. The lowest BCUT2D eigenvalue weighted by atomic mass is 10.2. The number of nitrogens with zero attached hydrogens (tertiary/aromatic N) is 2. The molecule has 168 valence electrons. The van der Waals surface area contributed by atoms with Crippen molar-refractivity contribution in [1.82, 2.24) is 9.78 Å². The Morgan fingerprint density at radius 2 is 1.82 bits per heavy atom. The van der Waals surface area contributed by atoms with Crippen molar-refractivity contribution in [3.05, 3.63) is 99.5 Å². The first-order valence-electron chi connectivity index (χ1n) is 10.4. The van der Waals surface area contributed by atoms with Crippen LogP contribution in [0.2, 0.25) is 5.02 Å². The molecule has 8 heteroatoms. The summed E-state index contributed by atoms with van der Waals surface area (Å²) < 4.78 is 12.2. The van der Waals surface area contributed by atoms with Crippen molar-refractivity contribution in [2.75, 3.05) is 5.32 Å². The second-order valence-corrected chi connectivity index (χ2v) is 8.07. The normalized spacial score (nSPS) is 10.9. The number of aromatic nitrogens is 2. The van der Waals surface area contributed by atoms with Crippen LogP contribution < -0.4 is 15.8 Å². The second kappa shape index (κ2) is 9.75. The van der Waals surface area contributed by atoms with Gasteiger partial charge in [-0.2, -0.15) is 4.68 Å². The van der Waals surface area contributed by atoms with E-state index in [1.807, 2.05) is 44.2 Å². The van der Waals surface area contributed by atoms with Gasteiger partial charge in [-0.05, 0) is 61.9 Å². The summed E-state index contributed by atoms with van der Waals surface area (Å²) in [7, 11) is 0. The Balaban J connectivity index is 1.45. The van der Waals surface area contributed by atoms with E-state index in [0.29, 0.717) is 27.6 Å². The van der Waals surface area contributed by atoms with Gasteiger partial charge in [-0.25, -0.2) is 4.79 Å². The molecule has 1 heterocycles. The average Bonchev–Trinajstić information content (AvgIpc) is 3.17. The third-order valence-electron chi connectivity index (χ3n) is 4.73. The summed E-state index contributed by atoms with van der Waals surface area (Å²) in [5, 5.41) is 7.54. The Morgan fingerprint density at radius 3 is 2.48 bits per heavy atom. The minimum absolute atomic E-state index is 0.0106. The quantitative estimate of drug-likeness (QED) is 0.405. The molecule has 0 fully saturated rings.